The van der Waals surface area contributed by atoms with Gasteiger partial charge in [0.1, 0.15) is 12.6 Å². The molecule has 1 amide bonds. The van der Waals surface area contributed by atoms with Crippen molar-refractivity contribution in [2.24, 2.45) is 0 Å². The zero-order valence-electron chi connectivity index (χ0n) is 18.0. The molecule has 0 bridgehead atoms. The van der Waals surface area contributed by atoms with E-state index in [0.717, 1.165) is 39.5 Å². The first kappa shape index (κ1) is 26.8. The number of amides is 1. The highest BCUT2D eigenvalue weighted by molar-refractivity contribution is 5.74. The fourth-order valence-corrected chi connectivity index (χ4v) is 2.47. The molecule has 0 aromatic carbocycles. The molecule has 0 aromatic rings. The third kappa shape index (κ3) is 9.85. The highest BCUT2D eigenvalue weighted by Crippen LogP contribution is 2.22. The summed E-state index contributed by atoms with van der Waals surface area (Å²) in [4.78, 5) is 70.8. The molecule has 0 unspecified atom stereocenters. The summed E-state index contributed by atoms with van der Waals surface area (Å²) in [5.74, 6) is -4.72. The molecule has 0 aliphatic carbocycles. The molecule has 0 fully saturated rings. The first-order valence-corrected chi connectivity index (χ1v) is 8.81. The maximum atomic E-state index is 12.1. The van der Waals surface area contributed by atoms with Crippen LogP contribution in [0.2, 0.25) is 0 Å². The smallest absolute Gasteiger partial charge is 0.305 e. The van der Waals surface area contributed by atoms with Gasteiger partial charge in [0, 0.05) is 48.6 Å². The number of carbonyl (C=O) groups excluding carboxylic acids is 6. The molecule has 0 radical (unpaired) electrons. The number of nitrogens with zero attached hydrogens (tertiary/aromatic N) is 1. The molecule has 0 aliphatic heterocycles. The third-order valence-electron chi connectivity index (χ3n) is 3.56. The van der Waals surface area contributed by atoms with Gasteiger partial charge in [-0.1, -0.05) is 0 Å². The van der Waals surface area contributed by atoms with Crippen molar-refractivity contribution in [2.45, 2.75) is 66.1 Å². The molecule has 0 aliphatic rings. The largest absolute Gasteiger partial charge is 0.462 e. The van der Waals surface area contributed by atoms with Crippen molar-refractivity contribution in [3.63, 3.8) is 0 Å². The van der Waals surface area contributed by atoms with Crippen LogP contribution in [0.4, 0.5) is 0 Å². The second-order valence-corrected chi connectivity index (χ2v) is 6.23. The summed E-state index contributed by atoms with van der Waals surface area (Å²) in [5.41, 5.74) is 0. The second-order valence-electron chi connectivity index (χ2n) is 6.23. The van der Waals surface area contributed by atoms with E-state index in [9.17, 15) is 28.8 Å². The van der Waals surface area contributed by atoms with Gasteiger partial charge < -0.3 is 28.6 Å². The van der Waals surface area contributed by atoms with Gasteiger partial charge in [-0.15, -0.1) is 0 Å². The van der Waals surface area contributed by atoms with Gasteiger partial charge in [0.15, 0.2) is 12.2 Å². The van der Waals surface area contributed by atoms with Gasteiger partial charge in [-0.05, 0) is 0 Å². The van der Waals surface area contributed by atoms with Crippen molar-refractivity contribution in [1.29, 1.82) is 0 Å². The van der Waals surface area contributed by atoms with Gasteiger partial charge in [0.25, 0.3) is 6.29 Å². The molecule has 0 N–H and O–H groups in total. The fourth-order valence-electron chi connectivity index (χ4n) is 2.47. The van der Waals surface area contributed by atoms with Crippen LogP contribution in [0.3, 0.4) is 0 Å². The van der Waals surface area contributed by atoms with E-state index in [0.29, 0.717) is 0 Å². The number of hydrogen-bond acceptors (Lipinski definition) is 11. The second kappa shape index (κ2) is 12.4. The Morgan fingerprint density at radius 1 is 0.667 bits per heavy atom. The van der Waals surface area contributed by atoms with E-state index in [1.165, 1.54) is 14.0 Å². The lowest BCUT2D eigenvalue weighted by Crippen LogP contribution is -2.59. The lowest BCUT2D eigenvalue weighted by atomic mass is 10.0. The number of rotatable bonds is 10. The van der Waals surface area contributed by atoms with Crippen molar-refractivity contribution in [2.75, 3.05) is 13.7 Å². The molecule has 0 rings (SSSR count). The Morgan fingerprint density at radius 3 is 1.43 bits per heavy atom. The normalized spacial score (nSPS) is 13.3. The Labute approximate surface area is 173 Å². The summed E-state index contributed by atoms with van der Waals surface area (Å²) >= 11 is 0. The number of carbonyl (C=O) groups is 6. The van der Waals surface area contributed by atoms with Crippen molar-refractivity contribution in [3.8, 4) is 0 Å². The minimum Gasteiger partial charge on any atom is -0.462 e. The van der Waals surface area contributed by atoms with E-state index in [2.05, 4.69) is 0 Å². The number of likely N-dealkylation sites (N-methyl/N-ethyl adjacent to an activating group) is 1. The van der Waals surface area contributed by atoms with Crippen LogP contribution < -0.4 is 0 Å². The summed E-state index contributed by atoms with van der Waals surface area (Å²) < 4.78 is 25.2. The standard InChI is InChI=1S/C18H27NO11/c1-9(20)19(7)16(15(27-11(3)22)8-26-10(2)21)17(28-12(4)23)18(29-13(5)24)30-14(6)25/h15-18H,8H2,1-7H3/t15-,16+,17+/m1/s1. The highest BCUT2D eigenvalue weighted by atomic mass is 16.7. The highest BCUT2D eigenvalue weighted by Gasteiger charge is 2.46. The van der Waals surface area contributed by atoms with Gasteiger partial charge in [0.2, 0.25) is 5.91 Å². The van der Waals surface area contributed by atoms with Crippen LogP contribution in [0.25, 0.3) is 0 Å². The molecule has 0 spiro atoms. The lowest BCUT2D eigenvalue weighted by molar-refractivity contribution is -0.226. The summed E-state index contributed by atoms with van der Waals surface area (Å²) in [6.07, 6.45) is -4.77. The molecule has 0 heterocycles. The Kier molecular flexibility index (Phi) is 11.1. The molecule has 30 heavy (non-hydrogen) atoms. The van der Waals surface area contributed by atoms with E-state index < -0.39 is 66.9 Å². The van der Waals surface area contributed by atoms with E-state index in [-0.39, 0.29) is 0 Å². The number of ether oxygens (including phenoxy) is 5. The van der Waals surface area contributed by atoms with Crippen molar-refractivity contribution >= 4 is 35.8 Å². The van der Waals surface area contributed by atoms with Gasteiger partial charge in [-0.25, -0.2) is 0 Å². The SMILES string of the molecule is CC(=O)OC[C@@H](OC(C)=O)[C@@H]([C@H](OC(C)=O)C(OC(C)=O)OC(C)=O)N(C)C(C)=O. The molecule has 0 saturated carbocycles. The van der Waals surface area contributed by atoms with Gasteiger partial charge in [0.05, 0.1) is 0 Å². The summed E-state index contributed by atoms with van der Waals surface area (Å²) in [5, 5.41) is 0. The van der Waals surface area contributed by atoms with E-state index in [1.54, 1.807) is 0 Å². The molecular formula is C18H27NO11. The third-order valence-corrected chi connectivity index (χ3v) is 3.56. The zero-order valence-corrected chi connectivity index (χ0v) is 18.0. The zero-order chi connectivity index (χ0) is 23.6. The Morgan fingerprint density at radius 2 is 1.10 bits per heavy atom. The number of esters is 5. The molecule has 0 aromatic heterocycles. The number of hydrogen-bond donors (Lipinski definition) is 0. The van der Waals surface area contributed by atoms with Crippen LogP contribution in [0.5, 0.6) is 0 Å². The maximum absolute atomic E-state index is 12.1. The Balaban J connectivity index is 6.45. The average Bonchev–Trinajstić information content (AvgIpc) is 2.56. The van der Waals surface area contributed by atoms with E-state index in [4.69, 9.17) is 23.7 Å². The predicted octanol–water partition coefficient (Wildman–Crippen LogP) is -0.288. The molecular weight excluding hydrogens is 406 g/mol. The predicted molar refractivity (Wildman–Crippen MR) is 97.3 cm³/mol. The van der Waals surface area contributed by atoms with Crippen LogP contribution in [0, 0.1) is 0 Å². The maximum Gasteiger partial charge on any atom is 0.305 e. The minimum absolute atomic E-state index is 0.526. The minimum atomic E-state index is -1.79. The topological polar surface area (TPSA) is 152 Å². The van der Waals surface area contributed by atoms with Crippen LogP contribution in [0.1, 0.15) is 41.5 Å². The van der Waals surface area contributed by atoms with E-state index in [1.807, 2.05) is 0 Å². The summed E-state index contributed by atoms with van der Waals surface area (Å²) in [7, 11) is 1.28. The van der Waals surface area contributed by atoms with Gasteiger partial charge in [-0.3, -0.25) is 28.8 Å². The first-order chi connectivity index (χ1) is 13.8. The molecule has 0 saturated heterocycles. The summed E-state index contributed by atoms with van der Waals surface area (Å²) in [6.45, 7) is 5.90. The molecule has 12 nitrogen and oxygen atoms in total. The molecule has 12 heteroatoms. The molecule has 170 valence electrons. The van der Waals surface area contributed by atoms with Crippen molar-refractivity contribution in [1.82, 2.24) is 4.90 Å². The fraction of sp³-hybridized carbons (Fsp3) is 0.667. The van der Waals surface area contributed by atoms with E-state index >= 15 is 0 Å². The van der Waals surface area contributed by atoms with Gasteiger partial charge in [-0.2, -0.15) is 0 Å². The summed E-state index contributed by atoms with van der Waals surface area (Å²) in [6, 6.07) is -1.36. The van der Waals surface area contributed by atoms with Crippen LogP contribution in [0.15, 0.2) is 0 Å². The quantitative estimate of drug-likeness (QED) is 0.254. The van der Waals surface area contributed by atoms with Crippen LogP contribution >= 0.6 is 0 Å². The Hall–Kier alpha value is -3.18. The first-order valence-electron chi connectivity index (χ1n) is 8.81. The average molecular weight is 433 g/mol. The monoisotopic (exact) mass is 433 g/mol. The van der Waals surface area contributed by atoms with Gasteiger partial charge >= 0.3 is 29.8 Å². The Bertz CT molecular complexity index is 659. The lowest BCUT2D eigenvalue weighted by Gasteiger charge is -2.39. The molecule has 3 atom stereocenters. The van der Waals surface area contributed by atoms with Crippen molar-refractivity contribution in [3.05, 3.63) is 0 Å². The van der Waals surface area contributed by atoms with Crippen LogP contribution in [-0.2, 0) is 52.5 Å². The van der Waals surface area contributed by atoms with Crippen LogP contribution in [-0.4, -0.2) is 78.8 Å². The van der Waals surface area contributed by atoms with Crippen molar-refractivity contribution < 1.29 is 52.5 Å².